The summed E-state index contributed by atoms with van der Waals surface area (Å²) in [7, 11) is 0. The normalized spacial score (nSPS) is 12.1. The monoisotopic (exact) mass is 112 g/mol. The molecule has 1 nitrogen and oxygen atoms in total. The molecule has 0 saturated heterocycles. The van der Waals surface area contributed by atoms with E-state index >= 15 is 0 Å². The predicted octanol–water partition coefficient (Wildman–Crippen LogP) is 2.40. The fourth-order valence-electron chi connectivity index (χ4n) is 0.555. The summed E-state index contributed by atoms with van der Waals surface area (Å²) in [6.07, 6.45) is 1.45. The minimum atomic E-state index is 0.393. The first-order valence-corrected chi connectivity index (χ1v) is 2.75. The standard InChI is InChI=1S/C7H10O/c1-6(2)7-4-3-5-8-7/h3-6H,1-2H3/i3T. The smallest absolute Gasteiger partial charge is 0.106 e. The molecule has 1 rings (SSSR count). The van der Waals surface area contributed by atoms with Crippen molar-refractivity contribution in [1.82, 2.24) is 0 Å². The summed E-state index contributed by atoms with van der Waals surface area (Å²) >= 11 is 0. The van der Waals surface area contributed by atoms with Crippen LogP contribution in [0.15, 0.2) is 22.8 Å². The lowest BCUT2D eigenvalue weighted by atomic mass is 10.2. The summed E-state index contributed by atoms with van der Waals surface area (Å²) < 4.78 is 12.2. The van der Waals surface area contributed by atoms with Crippen LogP contribution < -0.4 is 0 Å². The van der Waals surface area contributed by atoms with E-state index in [1.807, 2.05) is 13.8 Å². The Morgan fingerprint density at radius 2 is 2.50 bits per heavy atom. The first-order valence-electron chi connectivity index (χ1n) is 3.25. The van der Waals surface area contributed by atoms with Gasteiger partial charge in [0.1, 0.15) is 5.76 Å². The Bertz CT molecular complexity index is 191. The highest BCUT2D eigenvalue weighted by atomic mass is 16.3. The highest BCUT2D eigenvalue weighted by Gasteiger charge is 1.97. The molecule has 0 saturated carbocycles. The molecule has 0 aliphatic carbocycles. The summed E-state index contributed by atoms with van der Waals surface area (Å²) in [5, 5.41) is 0. The average molecular weight is 112 g/mol. The van der Waals surface area contributed by atoms with Crippen molar-refractivity contribution in [2.24, 2.45) is 0 Å². The number of hydrogen-bond acceptors (Lipinski definition) is 1. The predicted molar refractivity (Wildman–Crippen MR) is 32.8 cm³/mol. The zero-order chi connectivity index (χ0) is 6.85. The fraction of sp³-hybridized carbons (Fsp3) is 0.429. The fourth-order valence-corrected chi connectivity index (χ4v) is 0.555. The topological polar surface area (TPSA) is 13.1 Å². The molecular weight excluding hydrogens is 100 g/mol. The largest absolute Gasteiger partial charge is 0.469 e. The van der Waals surface area contributed by atoms with Gasteiger partial charge >= 0.3 is 0 Å². The molecule has 0 radical (unpaired) electrons. The molecule has 0 amide bonds. The molecule has 0 spiro atoms. The Morgan fingerprint density at radius 1 is 1.75 bits per heavy atom. The van der Waals surface area contributed by atoms with Gasteiger partial charge in [-0.05, 0) is 12.1 Å². The van der Waals surface area contributed by atoms with Gasteiger partial charge in [0, 0.05) is 5.92 Å². The van der Waals surface area contributed by atoms with E-state index in [-0.39, 0.29) is 0 Å². The minimum Gasteiger partial charge on any atom is -0.469 e. The van der Waals surface area contributed by atoms with E-state index in [0.29, 0.717) is 12.0 Å². The molecule has 1 heteroatoms. The quantitative estimate of drug-likeness (QED) is 0.543. The average Bonchev–Trinajstić information content (AvgIpc) is 2.14. The first kappa shape index (κ1) is 4.19. The summed E-state index contributed by atoms with van der Waals surface area (Å²) in [5.74, 6) is 1.28. The van der Waals surface area contributed by atoms with Crippen LogP contribution in [-0.4, -0.2) is 0 Å². The van der Waals surface area contributed by atoms with Gasteiger partial charge < -0.3 is 4.42 Å². The molecule has 0 aromatic carbocycles. The van der Waals surface area contributed by atoms with Gasteiger partial charge in [0.15, 0.2) is 0 Å². The third-order valence-electron chi connectivity index (χ3n) is 1.06. The number of rotatable bonds is 1. The van der Waals surface area contributed by atoms with Crippen LogP contribution in [0.5, 0.6) is 0 Å². The third-order valence-corrected chi connectivity index (χ3v) is 1.06. The van der Waals surface area contributed by atoms with Gasteiger partial charge in [-0.3, -0.25) is 0 Å². The summed E-state index contributed by atoms with van der Waals surface area (Å²) in [4.78, 5) is 0. The van der Waals surface area contributed by atoms with E-state index in [4.69, 9.17) is 5.79 Å². The molecule has 1 aromatic heterocycles. The van der Waals surface area contributed by atoms with E-state index < -0.39 is 0 Å². The molecular formula is C7H10O. The van der Waals surface area contributed by atoms with E-state index in [2.05, 4.69) is 0 Å². The molecule has 0 unspecified atom stereocenters. The molecule has 0 fully saturated rings. The van der Waals surface area contributed by atoms with E-state index in [1.165, 1.54) is 6.26 Å². The molecule has 1 aromatic rings. The second-order valence-corrected chi connectivity index (χ2v) is 2.10. The van der Waals surface area contributed by atoms with Gasteiger partial charge in [0.2, 0.25) is 0 Å². The molecule has 1 heterocycles. The van der Waals surface area contributed by atoms with Gasteiger partial charge in [-0.15, -0.1) is 0 Å². The van der Waals surface area contributed by atoms with Gasteiger partial charge in [-0.1, -0.05) is 13.8 Å². The minimum absolute atomic E-state index is 0.393. The lowest BCUT2D eigenvalue weighted by molar-refractivity contribution is 0.487. The van der Waals surface area contributed by atoms with Crippen molar-refractivity contribution in [3.8, 4) is 0 Å². The van der Waals surface area contributed by atoms with E-state index in [1.54, 1.807) is 6.07 Å². The van der Waals surface area contributed by atoms with Crippen molar-refractivity contribution in [2.75, 3.05) is 0 Å². The number of hydrogen-bond donors (Lipinski definition) is 0. The highest BCUT2D eigenvalue weighted by Crippen LogP contribution is 2.12. The van der Waals surface area contributed by atoms with Crippen LogP contribution in [0.4, 0.5) is 0 Å². The zero-order valence-corrected chi connectivity index (χ0v) is 5.14. The van der Waals surface area contributed by atoms with Crippen molar-refractivity contribution >= 4 is 0 Å². The second kappa shape index (κ2) is 2.03. The Balaban J connectivity index is 2.85. The van der Waals surface area contributed by atoms with Crippen LogP contribution in [0.25, 0.3) is 0 Å². The van der Waals surface area contributed by atoms with Gasteiger partial charge in [-0.2, -0.15) is 0 Å². The maximum Gasteiger partial charge on any atom is 0.106 e. The summed E-state index contributed by atoms with van der Waals surface area (Å²) in [5.41, 5.74) is 0. The van der Waals surface area contributed by atoms with Crippen LogP contribution in [-0.2, 0) is 0 Å². The van der Waals surface area contributed by atoms with Gasteiger partial charge in [-0.25, -0.2) is 0 Å². The van der Waals surface area contributed by atoms with Crippen molar-refractivity contribution in [1.29, 1.82) is 0 Å². The molecule has 0 atom stereocenters. The first-order chi connectivity index (χ1) is 4.20. The van der Waals surface area contributed by atoms with Gasteiger partial charge in [0.25, 0.3) is 0 Å². The SMILES string of the molecule is [3H]c1coc(C(C)C)c1. The lowest BCUT2D eigenvalue weighted by Gasteiger charge is -1.94. The maximum absolute atomic E-state index is 7.12. The van der Waals surface area contributed by atoms with Gasteiger partial charge in [0.05, 0.1) is 7.63 Å². The third kappa shape index (κ3) is 0.915. The Kier molecular flexibility index (Phi) is 1.06. The van der Waals surface area contributed by atoms with E-state index in [0.717, 1.165) is 5.76 Å². The maximum atomic E-state index is 7.12. The molecule has 0 bridgehead atoms. The highest BCUT2D eigenvalue weighted by molar-refractivity contribution is 5.02. The van der Waals surface area contributed by atoms with Crippen LogP contribution in [0, 0.1) is 0 Å². The van der Waals surface area contributed by atoms with E-state index in [9.17, 15) is 0 Å². The molecule has 0 aliphatic heterocycles. The second-order valence-electron chi connectivity index (χ2n) is 2.10. The number of furan rings is 1. The molecule has 8 heavy (non-hydrogen) atoms. The van der Waals surface area contributed by atoms with Crippen LogP contribution >= 0.6 is 0 Å². The van der Waals surface area contributed by atoms with Crippen LogP contribution in [0.3, 0.4) is 0 Å². The Hall–Kier alpha value is -0.720. The van der Waals surface area contributed by atoms with Crippen molar-refractivity contribution in [2.45, 2.75) is 19.8 Å². The summed E-state index contributed by atoms with van der Waals surface area (Å²) in [6.45, 7) is 4.08. The van der Waals surface area contributed by atoms with Crippen molar-refractivity contribution in [3.63, 3.8) is 0 Å². The Labute approximate surface area is 50.7 Å². The summed E-state index contributed by atoms with van der Waals surface area (Å²) in [6, 6.07) is 2.20. The zero-order valence-electron chi connectivity index (χ0n) is 6.14. The lowest BCUT2D eigenvalue weighted by Crippen LogP contribution is -1.79. The Morgan fingerprint density at radius 3 is 2.75 bits per heavy atom. The van der Waals surface area contributed by atoms with Crippen molar-refractivity contribution < 1.29 is 5.79 Å². The van der Waals surface area contributed by atoms with Crippen molar-refractivity contribution in [3.05, 3.63) is 24.1 Å². The molecule has 44 valence electrons. The van der Waals surface area contributed by atoms with Crippen LogP contribution in [0.1, 0.15) is 26.9 Å². The molecule has 0 N–H and O–H groups in total. The molecule has 0 aliphatic rings. The van der Waals surface area contributed by atoms with Crippen LogP contribution in [0.2, 0.25) is 0 Å².